The minimum atomic E-state index is 0.193. The zero-order valence-corrected chi connectivity index (χ0v) is 11.6. The topological polar surface area (TPSA) is 38.8 Å². The van der Waals surface area contributed by atoms with Crippen molar-refractivity contribution in [1.82, 2.24) is 4.90 Å². The van der Waals surface area contributed by atoms with Gasteiger partial charge in [0.25, 0.3) is 0 Å². The van der Waals surface area contributed by atoms with Gasteiger partial charge in [-0.05, 0) is 26.7 Å². The number of rotatable bonds is 4. The van der Waals surface area contributed by atoms with Crippen LogP contribution in [0.25, 0.3) is 0 Å². The van der Waals surface area contributed by atoms with Gasteiger partial charge in [-0.1, -0.05) is 0 Å². The van der Waals surface area contributed by atoms with Gasteiger partial charge >= 0.3 is 0 Å². The predicted octanol–water partition coefficient (Wildman–Crippen LogP) is 1.62. The van der Waals surface area contributed by atoms with E-state index in [1.807, 2.05) is 0 Å². The van der Waals surface area contributed by atoms with Crippen LogP contribution in [-0.2, 0) is 14.3 Å². The van der Waals surface area contributed by atoms with Crippen molar-refractivity contribution in [3.8, 4) is 0 Å². The van der Waals surface area contributed by atoms with E-state index in [4.69, 9.17) is 9.47 Å². The second kappa shape index (κ2) is 6.64. The molecule has 1 saturated heterocycles. The van der Waals surface area contributed by atoms with E-state index in [9.17, 15) is 4.79 Å². The first-order valence-corrected chi connectivity index (χ1v) is 7.14. The monoisotopic (exact) mass is 255 g/mol. The molecule has 1 aliphatic heterocycles. The fourth-order valence-electron chi connectivity index (χ4n) is 2.64. The minimum absolute atomic E-state index is 0.193. The van der Waals surface area contributed by atoms with E-state index in [0.29, 0.717) is 31.3 Å². The molecule has 1 heterocycles. The number of carbonyl (C=O) groups excluding carboxylic acids is 1. The summed E-state index contributed by atoms with van der Waals surface area (Å²) in [6.45, 7) is 7.89. The highest BCUT2D eigenvalue weighted by Gasteiger charge is 2.25. The number of hydrogen-bond donors (Lipinski definition) is 0. The summed E-state index contributed by atoms with van der Waals surface area (Å²) >= 11 is 0. The van der Waals surface area contributed by atoms with Crippen molar-refractivity contribution in [2.75, 3.05) is 26.3 Å². The van der Waals surface area contributed by atoms with Crippen molar-refractivity contribution in [2.45, 2.75) is 57.8 Å². The molecule has 1 saturated carbocycles. The van der Waals surface area contributed by atoms with Crippen molar-refractivity contribution in [3.63, 3.8) is 0 Å². The quantitative estimate of drug-likeness (QED) is 0.765. The third kappa shape index (κ3) is 4.04. The molecule has 1 atom stereocenters. The van der Waals surface area contributed by atoms with Crippen LogP contribution in [0.2, 0.25) is 0 Å². The average Bonchev–Trinajstić information content (AvgIpc) is 2.38. The Hall–Kier alpha value is -0.450. The summed E-state index contributed by atoms with van der Waals surface area (Å²) in [7, 11) is 0. The Morgan fingerprint density at radius 2 is 2.11 bits per heavy atom. The van der Waals surface area contributed by atoms with Crippen LogP contribution in [0.1, 0.15) is 39.5 Å². The minimum Gasteiger partial charge on any atom is -0.375 e. The van der Waals surface area contributed by atoms with Crippen LogP contribution in [0, 0.1) is 0 Å². The maximum absolute atomic E-state index is 11.1. The summed E-state index contributed by atoms with van der Waals surface area (Å²) < 4.78 is 11.6. The van der Waals surface area contributed by atoms with Crippen molar-refractivity contribution in [1.29, 1.82) is 0 Å². The molecular weight excluding hydrogens is 230 g/mol. The molecule has 4 nitrogen and oxygen atoms in total. The Bertz CT molecular complexity index is 270. The van der Waals surface area contributed by atoms with E-state index in [1.165, 1.54) is 0 Å². The molecular formula is C14H25NO3. The van der Waals surface area contributed by atoms with Crippen LogP contribution in [0.5, 0.6) is 0 Å². The van der Waals surface area contributed by atoms with Gasteiger partial charge < -0.3 is 9.47 Å². The van der Waals surface area contributed by atoms with E-state index in [-0.39, 0.29) is 12.2 Å². The van der Waals surface area contributed by atoms with Crippen molar-refractivity contribution in [3.05, 3.63) is 0 Å². The lowest BCUT2D eigenvalue weighted by Crippen LogP contribution is -2.47. The van der Waals surface area contributed by atoms with Gasteiger partial charge in [-0.3, -0.25) is 9.69 Å². The highest BCUT2D eigenvalue weighted by atomic mass is 16.5. The van der Waals surface area contributed by atoms with Crippen LogP contribution < -0.4 is 0 Å². The molecule has 0 aromatic carbocycles. The molecule has 2 fully saturated rings. The van der Waals surface area contributed by atoms with Crippen LogP contribution >= 0.6 is 0 Å². The molecule has 4 heteroatoms. The number of ketones is 1. The van der Waals surface area contributed by atoms with E-state index in [2.05, 4.69) is 18.7 Å². The maximum Gasteiger partial charge on any atom is 0.133 e. The molecule has 18 heavy (non-hydrogen) atoms. The normalized spacial score (nSPS) is 27.9. The van der Waals surface area contributed by atoms with Crippen LogP contribution in [-0.4, -0.2) is 55.2 Å². The van der Waals surface area contributed by atoms with Gasteiger partial charge in [0.15, 0.2) is 0 Å². The zero-order valence-electron chi connectivity index (χ0n) is 11.6. The Kier molecular flexibility index (Phi) is 5.15. The fourth-order valence-corrected chi connectivity index (χ4v) is 2.64. The molecule has 0 N–H and O–H groups in total. The van der Waals surface area contributed by atoms with Gasteiger partial charge in [-0.25, -0.2) is 0 Å². The second-order valence-corrected chi connectivity index (χ2v) is 5.65. The Balaban J connectivity index is 1.68. The predicted molar refractivity (Wildman–Crippen MR) is 69.7 cm³/mol. The molecule has 2 aliphatic rings. The van der Waals surface area contributed by atoms with Gasteiger partial charge in [0, 0.05) is 32.0 Å². The van der Waals surface area contributed by atoms with E-state index in [0.717, 1.165) is 32.5 Å². The second-order valence-electron chi connectivity index (χ2n) is 5.65. The Labute approximate surface area is 110 Å². The van der Waals surface area contributed by atoms with Crippen molar-refractivity contribution in [2.24, 2.45) is 0 Å². The van der Waals surface area contributed by atoms with Crippen LogP contribution in [0.15, 0.2) is 0 Å². The van der Waals surface area contributed by atoms with Crippen molar-refractivity contribution >= 4 is 5.78 Å². The molecule has 1 unspecified atom stereocenters. The highest BCUT2D eigenvalue weighted by Crippen LogP contribution is 2.19. The number of morpholine rings is 1. The van der Waals surface area contributed by atoms with Gasteiger partial charge in [0.1, 0.15) is 5.78 Å². The van der Waals surface area contributed by atoms with Crippen LogP contribution in [0.3, 0.4) is 0 Å². The van der Waals surface area contributed by atoms with Gasteiger partial charge in [-0.15, -0.1) is 0 Å². The molecule has 2 rings (SSSR count). The lowest BCUT2D eigenvalue weighted by atomic mass is 9.96. The molecule has 0 radical (unpaired) electrons. The largest absolute Gasteiger partial charge is 0.375 e. The molecule has 0 amide bonds. The summed E-state index contributed by atoms with van der Waals surface area (Å²) in [5, 5.41) is 0. The summed E-state index contributed by atoms with van der Waals surface area (Å²) in [4.78, 5) is 13.6. The molecule has 0 aromatic heterocycles. The van der Waals surface area contributed by atoms with Crippen molar-refractivity contribution < 1.29 is 14.3 Å². The lowest BCUT2D eigenvalue weighted by Gasteiger charge is -2.36. The molecule has 0 spiro atoms. The summed E-state index contributed by atoms with van der Waals surface area (Å²) in [5.74, 6) is 0.384. The van der Waals surface area contributed by atoms with Crippen LogP contribution in [0.4, 0.5) is 0 Å². The fraction of sp³-hybridized carbons (Fsp3) is 0.929. The first-order chi connectivity index (χ1) is 8.65. The van der Waals surface area contributed by atoms with E-state index >= 15 is 0 Å². The van der Waals surface area contributed by atoms with Gasteiger partial charge in [-0.2, -0.15) is 0 Å². The summed E-state index contributed by atoms with van der Waals surface area (Å²) in [6, 6.07) is 0.573. The third-order valence-corrected chi connectivity index (χ3v) is 3.91. The lowest BCUT2D eigenvalue weighted by molar-refractivity contribution is -0.125. The molecule has 0 bridgehead atoms. The number of hydrogen-bond acceptors (Lipinski definition) is 4. The molecule has 1 aliphatic carbocycles. The standard InChI is InChI=1S/C14H25NO3/c1-11(2)15-7-8-17-14(9-15)10-18-13-5-3-12(16)4-6-13/h11,13-14H,3-10H2,1-2H3. The molecule has 0 aromatic rings. The first-order valence-electron chi connectivity index (χ1n) is 7.14. The summed E-state index contributed by atoms with van der Waals surface area (Å²) in [5.41, 5.74) is 0. The highest BCUT2D eigenvalue weighted by molar-refractivity contribution is 5.79. The Morgan fingerprint density at radius 3 is 2.78 bits per heavy atom. The maximum atomic E-state index is 11.1. The number of carbonyl (C=O) groups is 1. The molecule has 104 valence electrons. The Morgan fingerprint density at radius 1 is 1.39 bits per heavy atom. The van der Waals surface area contributed by atoms with Gasteiger partial charge in [0.05, 0.1) is 25.4 Å². The zero-order chi connectivity index (χ0) is 13.0. The number of ether oxygens (including phenoxy) is 2. The number of Topliss-reactive ketones (excluding diaryl/α,β-unsaturated/α-hetero) is 1. The van der Waals surface area contributed by atoms with E-state index in [1.54, 1.807) is 0 Å². The SMILES string of the molecule is CC(C)N1CCOC(COC2CCC(=O)CC2)C1. The smallest absolute Gasteiger partial charge is 0.133 e. The first kappa shape index (κ1) is 14.0. The van der Waals surface area contributed by atoms with Gasteiger partial charge in [0.2, 0.25) is 0 Å². The number of nitrogens with zero attached hydrogens (tertiary/aromatic N) is 1. The average molecular weight is 255 g/mol. The third-order valence-electron chi connectivity index (χ3n) is 3.91. The summed E-state index contributed by atoms with van der Waals surface area (Å²) in [6.07, 6.45) is 3.61. The van der Waals surface area contributed by atoms with E-state index < -0.39 is 0 Å².